The highest BCUT2D eigenvalue weighted by Crippen LogP contribution is 2.16. The third kappa shape index (κ3) is 4.56. The first kappa shape index (κ1) is 18.4. The molecule has 1 heterocycles. The number of hydrogen-bond acceptors (Lipinski definition) is 4. The summed E-state index contributed by atoms with van der Waals surface area (Å²) in [6.07, 6.45) is 0. The van der Waals surface area contributed by atoms with Crippen LogP contribution in [0.4, 0.5) is 5.69 Å². The third-order valence-corrected chi connectivity index (χ3v) is 3.50. The van der Waals surface area contributed by atoms with Gasteiger partial charge in [-0.3, -0.25) is 9.59 Å². The van der Waals surface area contributed by atoms with Crippen molar-refractivity contribution in [2.24, 2.45) is 0 Å². The van der Waals surface area contributed by atoms with Gasteiger partial charge in [-0.1, -0.05) is 18.2 Å². The molecule has 132 valence electrons. The van der Waals surface area contributed by atoms with Crippen molar-refractivity contribution in [2.75, 3.05) is 5.32 Å². The number of H-pyrrole nitrogens is 1. The topological polar surface area (TPSA) is 88.3 Å². The van der Waals surface area contributed by atoms with E-state index in [4.69, 9.17) is 4.74 Å². The molecular formula is C19H22N2O4. The second-order valence-electron chi connectivity index (χ2n) is 6.82. The van der Waals surface area contributed by atoms with E-state index in [-0.39, 0.29) is 11.1 Å². The Kier molecular flexibility index (Phi) is 5.11. The Morgan fingerprint density at radius 3 is 2.32 bits per heavy atom. The maximum absolute atomic E-state index is 12.5. The number of para-hydroxylation sites is 1. The molecule has 25 heavy (non-hydrogen) atoms. The van der Waals surface area contributed by atoms with Gasteiger partial charge in [0.15, 0.2) is 0 Å². The molecule has 0 bridgehead atoms. The van der Waals surface area contributed by atoms with E-state index in [9.17, 15) is 14.4 Å². The lowest BCUT2D eigenvalue weighted by molar-refractivity contribution is 0.00681. The van der Waals surface area contributed by atoms with E-state index in [1.165, 1.54) is 6.07 Å². The lowest BCUT2D eigenvalue weighted by Gasteiger charge is -2.20. The van der Waals surface area contributed by atoms with Gasteiger partial charge in [-0.05, 0) is 52.3 Å². The van der Waals surface area contributed by atoms with Crippen molar-refractivity contribution < 1.29 is 14.3 Å². The fourth-order valence-corrected chi connectivity index (χ4v) is 2.24. The molecule has 2 rings (SSSR count). The standard InChI is InChI=1S/C19H22N2O4/c1-11-8-6-7-9-15(11)21-17(23)14-10-13(12(2)20-16(14)22)18(24)25-19(3,4)5/h6-10H,1-5H3,(H,20,22)(H,21,23). The van der Waals surface area contributed by atoms with Gasteiger partial charge in [0.2, 0.25) is 0 Å². The van der Waals surface area contributed by atoms with Gasteiger partial charge in [0, 0.05) is 11.4 Å². The zero-order valence-corrected chi connectivity index (χ0v) is 15.0. The zero-order chi connectivity index (χ0) is 18.8. The van der Waals surface area contributed by atoms with Gasteiger partial charge in [-0.25, -0.2) is 4.79 Å². The number of aromatic nitrogens is 1. The quantitative estimate of drug-likeness (QED) is 0.839. The maximum atomic E-state index is 12.5. The van der Waals surface area contributed by atoms with Crippen LogP contribution >= 0.6 is 0 Å². The molecule has 1 aromatic heterocycles. The van der Waals surface area contributed by atoms with E-state index >= 15 is 0 Å². The van der Waals surface area contributed by atoms with Gasteiger partial charge in [0.25, 0.3) is 11.5 Å². The number of amides is 1. The van der Waals surface area contributed by atoms with E-state index in [1.54, 1.807) is 39.8 Å². The van der Waals surface area contributed by atoms with E-state index in [2.05, 4.69) is 10.3 Å². The first-order valence-electron chi connectivity index (χ1n) is 7.93. The second-order valence-corrected chi connectivity index (χ2v) is 6.82. The Morgan fingerprint density at radius 1 is 1.08 bits per heavy atom. The Morgan fingerprint density at radius 2 is 1.72 bits per heavy atom. The van der Waals surface area contributed by atoms with E-state index in [0.29, 0.717) is 11.4 Å². The molecule has 6 nitrogen and oxygen atoms in total. The molecular weight excluding hydrogens is 320 g/mol. The second kappa shape index (κ2) is 6.93. The summed E-state index contributed by atoms with van der Waals surface area (Å²) >= 11 is 0. The number of benzene rings is 1. The molecule has 0 aliphatic carbocycles. The molecule has 0 atom stereocenters. The van der Waals surface area contributed by atoms with Crippen molar-refractivity contribution in [2.45, 2.75) is 40.2 Å². The number of pyridine rings is 1. The van der Waals surface area contributed by atoms with E-state index in [0.717, 1.165) is 5.56 Å². The van der Waals surface area contributed by atoms with Crippen LogP contribution in [0.15, 0.2) is 35.1 Å². The lowest BCUT2D eigenvalue weighted by Crippen LogP contribution is -2.28. The minimum Gasteiger partial charge on any atom is -0.456 e. The van der Waals surface area contributed by atoms with Crippen LogP contribution in [0.3, 0.4) is 0 Å². The average Bonchev–Trinajstić information content (AvgIpc) is 2.47. The molecule has 0 fully saturated rings. The molecule has 0 unspecified atom stereocenters. The van der Waals surface area contributed by atoms with Crippen LogP contribution in [0.25, 0.3) is 0 Å². The smallest absolute Gasteiger partial charge is 0.340 e. The minimum absolute atomic E-state index is 0.144. The molecule has 0 spiro atoms. The largest absolute Gasteiger partial charge is 0.456 e. The summed E-state index contributed by atoms with van der Waals surface area (Å²) in [4.78, 5) is 39.5. The predicted molar refractivity (Wildman–Crippen MR) is 96.1 cm³/mol. The van der Waals surface area contributed by atoms with Crippen LogP contribution < -0.4 is 10.9 Å². The summed E-state index contributed by atoms with van der Waals surface area (Å²) in [5.74, 6) is -1.17. The van der Waals surface area contributed by atoms with Gasteiger partial charge in [0.05, 0.1) is 5.56 Å². The number of aryl methyl sites for hydroxylation is 2. The Hall–Kier alpha value is -2.89. The monoisotopic (exact) mass is 342 g/mol. The molecule has 6 heteroatoms. The van der Waals surface area contributed by atoms with Crippen LogP contribution in [0.2, 0.25) is 0 Å². The van der Waals surface area contributed by atoms with Crippen LogP contribution in [-0.2, 0) is 4.74 Å². The number of ether oxygens (including phenoxy) is 1. The Labute approximate surface area is 146 Å². The molecule has 0 saturated carbocycles. The lowest BCUT2D eigenvalue weighted by atomic mass is 10.1. The maximum Gasteiger partial charge on any atom is 0.340 e. The summed E-state index contributed by atoms with van der Waals surface area (Å²) in [5.41, 5.74) is 0.600. The fourth-order valence-electron chi connectivity index (χ4n) is 2.24. The van der Waals surface area contributed by atoms with Gasteiger partial charge in [0.1, 0.15) is 11.2 Å². The highest BCUT2D eigenvalue weighted by molar-refractivity contribution is 6.05. The number of aromatic amines is 1. The number of esters is 1. The molecule has 1 amide bonds. The van der Waals surface area contributed by atoms with E-state index < -0.39 is 23.0 Å². The summed E-state index contributed by atoms with van der Waals surface area (Å²) in [6.45, 7) is 8.68. The third-order valence-electron chi connectivity index (χ3n) is 3.50. The fraction of sp³-hybridized carbons (Fsp3) is 0.316. The average molecular weight is 342 g/mol. The molecule has 2 aromatic rings. The first-order chi connectivity index (χ1) is 11.6. The van der Waals surface area contributed by atoms with Crippen molar-refractivity contribution in [3.63, 3.8) is 0 Å². The summed E-state index contributed by atoms with van der Waals surface area (Å²) in [6, 6.07) is 8.50. The first-order valence-corrected chi connectivity index (χ1v) is 7.93. The SMILES string of the molecule is Cc1ccccc1NC(=O)c1cc(C(=O)OC(C)(C)C)c(C)[nH]c1=O. The molecule has 0 radical (unpaired) electrons. The summed E-state index contributed by atoms with van der Waals surface area (Å²) in [5, 5.41) is 2.69. The van der Waals surface area contributed by atoms with Crippen molar-refractivity contribution in [3.05, 3.63) is 63.1 Å². The number of hydrogen-bond donors (Lipinski definition) is 2. The highest BCUT2D eigenvalue weighted by Gasteiger charge is 2.22. The van der Waals surface area contributed by atoms with Crippen molar-refractivity contribution in [1.82, 2.24) is 4.98 Å². The summed E-state index contributed by atoms with van der Waals surface area (Å²) in [7, 11) is 0. The van der Waals surface area contributed by atoms with E-state index in [1.807, 2.05) is 19.1 Å². The number of rotatable bonds is 3. The van der Waals surface area contributed by atoms with Crippen molar-refractivity contribution in [1.29, 1.82) is 0 Å². The normalized spacial score (nSPS) is 11.1. The number of anilines is 1. The number of carbonyl (C=O) groups excluding carboxylic acids is 2. The minimum atomic E-state index is -0.677. The Balaban J connectivity index is 2.37. The molecule has 0 saturated heterocycles. The molecule has 2 N–H and O–H groups in total. The van der Waals surface area contributed by atoms with Crippen LogP contribution in [-0.4, -0.2) is 22.5 Å². The van der Waals surface area contributed by atoms with Gasteiger partial charge in [-0.2, -0.15) is 0 Å². The predicted octanol–water partition coefficient (Wildman–Crippen LogP) is 3.20. The molecule has 1 aromatic carbocycles. The van der Waals surface area contributed by atoms with Gasteiger partial charge >= 0.3 is 5.97 Å². The van der Waals surface area contributed by atoms with Gasteiger partial charge in [-0.15, -0.1) is 0 Å². The van der Waals surface area contributed by atoms with Crippen LogP contribution in [0.5, 0.6) is 0 Å². The summed E-state index contributed by atoms with van der Waals surface area (Å²) < 4.78 is 5.32. The van der Waals surface area contributed by atoms with Crippen LogP contribution in [0, 0.1) is 13.8 Å². The van der Waals surface area contributed by atoms with Crippen molar-refractivity contribution >= 4 is 17.6 Å². The number of nitrogens with one attached hydrogen (secondary N) is 2. The van der Waals surface area contributed by atoms with Crippen molar-refractivity contribution in [3.8, 4) is 0 Å². The zero-order valence-electron chi connectivity index (χ0n) is 15.0. The Bertz CT molecular complexity index is 876. The number of carbonyl (C=O) groups is 2. The van der Waals surface area contributed by atoms with Crippen LogP contribution in [0.1, 0.15) is 52.7 Å². The molecule has 0 aliphatic heterocycles. The van der Waals surface area contributed by atoms with Gasteiger partial charge < -0.3 is 15.0 Å². The highest BCUT2D eigenvalue weighted by atomic mass is 16.6. The molecule has 0 aliphatic rings.